The van der Waals surface area contributed by atoms with Gasteiger partial charge >= 0.3 is 37.7 Å². The first-order chi connectivity index (χ1) is 8.52. The van der Waals surface area contributed by atoms with Gasteiger partial charge in [-0.3, -0.25) is 9.59 Å². The number of benzene rings is 1. The fourth-order valence-corrected chi connectivity index (χ4v) is 2.40. The molecule has 0 aromatic heterocycles. The molecule has 7 heteroatoms. The zero-order valence-corrected chi connectivity index (χ0v) is 11.6. The van der Waals surface area contributed by atoms with Gasteiger partial charge in [-0.25, -0.2) is 0 Å². The Morgan fingerprint density at radius 1 is 1.00 bits per heavy atom. The summed E-state index contributed by atoms with van der Waals surface area (Å²) in [5.41, 5.74) is 12.8. The summed E-state index contributed by atoms with van der Waals surface area (Å²) < 4.78 is 0. The molecule has 4 nitrogen and oxygen atoms in total. The minimum atomic E-state index is -0.563. The number of aryl methyl sites for hydroxylation is 1. The first kappa shape index (κ1) is 19.1. The van der Waals surface area contributed by atoms with E-state index in [4.69, 9.17) is 11.5 Å². The second-order valence-corrected chi connectivity index (χ2v) is 4.70. The Morgan fingerprint density at radius 3 is 2.00 bits per heavy atom. The van der Waals surface area contributed by atoms with Crippen molar-refractivity contribution in [2.45, 2.75) is 12.8 Å². The number of carbonyl (C=O) groups excluding carboxylic acids is 2. The minimum absolute atomic E-state index is 0. The fourth-order valence-electron chi connectivity index (χ4n) is 1.93. The Morgan fingerprint density at radius 2 is 1.58 bits per heavy atom. The topological polar surface area (TPSA) is 86.2 Å². The average Bonchev–Trinajstić information content (AvgIpc) is 2.29. The Bertz CT molecular complexity index is 481. The number of primary amides is 2. The molecule has 0 aliphatic carbocycles. The molecule has 0 atom stereocenters. The van der Waals surface area contributed by atoms with Gasteiger partial charge in [0.2, 0.25) is 11.8 Å². The molecule has 4 N–H and O–H groups in total. The van der Waals surface area contributed by atoms with E-state index in [-0.39, 0.29) is 37.7 Å². The van der Waals surface area contributed by atoms with E-state index in [1.807, 2.05) is 0 Å². The predicted octanol–water partition coefficient (Wildman–Crippen LogP) is -0.0872. The third-order valence-corrected chi connectivity index (χ3v) is 3.10. The van der Waals surface area contributed by atoms with Crippen LogP contribution in [0, 0.1) is 0 Å². The molecule has 19 heavy (non-hydrogen) atoms. The van der Waals surface area contributed by atoms with Crippen LogP contribution in [-0.2, 0) is 12.8 Å². The van der Waals surface area contributed by atoms with Crippen LogP contribution in [-0.4, -0.2) is 61.1 Å². The van der Waals surface area contributed by atoms with Crippen molar-refractivity contribution in [3.63, 3.8) is 0 Å². The van der Waals surface area contributed by atoms with E-state index in [0.29, 0.717) is 41.0 Å². The molecule has 1 aromatic carbocycles. The summed E-state index contributed by atoms with van der Waals surface area (Å²) in [7, 11) is 0. The fraction of sp³-hybridized carbons (Fsp3) is 0.333. The van der Waals surface area contributed by atoms with Gasteiger partial charge in [-0.15, -0.1) is 0 Å². The van der Waals surface area contributed by atoms with E-state index in [2.05, 4.69) is 25.3 Å². The summed E-state index contributed by atoms with van der Waals surface area (Å²) in [4.78, 5) is 23.0. The van der Waals surface area contributed by atoms with Gasteiger partial charge in [-0.1, -0.05) is 6.07 Å². The van der Waals surface area contributed by atoms with Crippen LogP contribution in [0.1, 0.15) is 31.8 Å². The number of carbonyl (C=O) groups is 2. The predicted molar refractivity (Wildman–Crippen MR) is 87.1 cm³/mol. The second kappa shape index (κ2) is 9.13. The van der Waals surface area contributed by atoms with Crippen molar-refractivity contribution in [3.8, 4) is 0 Å². The SMILES string of the molecule is NC(=O)c1ccc(CCS)c(C(N)=O)c1CCS.[CaH2]. The molecule has 1 aromatic rings. The Balaban J connectivity index is 0.00000324. The molecule has 0 spiro atoms. The van der Waals surface area contributed by atoms with Crippen molar-refractivity contribution in [2.24, 2.45) is 11.5 Å². The van der Waals surface area contributed by atoms with Gasteiger partial charge in [0.1, 0.15) is 0 Å². The molecule has 0 aliphatic heterocycles. The number of thiol groups is 2. The van der Waals surface area contributed by atoms with Crippen LogP contribution < -0.4 is 11.5 Å². The number of rotatable bonds is 6. The van der Waals surface area contributed by atoms with Crippen molar-refractivity contribution >= 4 is 74.8 Å². The maximum absolute atomic E-state index is 11.6. The van der Waals surface area contributed by atoms with E-state index in [9.17, 15) is 9.59 Å². The Hall–Kier alpha value is 0.120. The first-order valence-electron chi connectivity index (χ1n) is 5.49. The maximum atomic E-state index is 11.6. The van der Waals surface area contributed by atoms with Crippen molar-refractivity contribution in [3.05, 3.63) is 34.4 Å². The van der Waals surface area contributed by atoms with Gasteiger partial charge in [-0.05, 0) is 41.5 Å². The summed E-state index contributed by atoms with van der Waals surface area (Å²) in [6.45, 7) is 0. The Kier molecular flexibility index (Phi) is 9.19. The van der Waals surface area contributed by atoms with Crippen molar-refractivity contribution in [1.29, 1.82) is 0 Å². The summed E-state index contributed by atoms with van der Waals surface area (Å²) in [6.07, 6.45) is 1.08. The number of hydrogen-bond donors (Lipinski definition) is 4. The second-order valence-electron chi connectivity index (χ2n) is 3.80. The van der Waals surface area contributed by atoms with Crippen molar-refractivity contribution in [1.82, 2.24) is 0 Å². The zero-order chi connectivity index (χ0) is 13.7. The molecular weight excluding hydrogens is 308 g/mol. The molecule has 0 heterocycles. The number of amides is 2. The summed E-state index contributed by atoms with van der Waals surface area (Å²) in [5, 5.41) is 0. The van der Waals surface area contributed by atoms with Gasteiger partial charge in [0.05, 0.1) is 0 Å². The molecule has 0 aliphatic rings. The van der Waals surface area contributed by atoms with Gasteiger partial charge in [0, 0.05) is 11.1 Å². The van der Waals surface area contributed by atoms with Crippen LogP contribution in [0.4, 0.5) is 0 Å². The standard InChI is InChI=1S/C12H16N2O2S2.Ca.2H/c13-11(15)9-2-1-7(3-5-17)10(12(14)16)8(9)4-6-18;;;/h1-2,17-18H,3-6H2,(H2,13,15)(H2,14,16);;;. The van der Waals surface area contributed by atoms with E-state index >= 15 is 0 Å². The molecule has 0 saturated carbocycles. The van der Waals surface area contributed by atoms with E-state index < -0.39 is 11.8 Å². The monoisotopic (exact) mass is 326 g/mol. The van der Waals surface area contributed by atoms with E-state index in [1.165, 1.54) is 0 Å². The summed E-state index contributed by atoms with van der Waals surface area (Å²) in [6, 6.07) is 3.34. The first-order valence-corrected chi connectivity index (χ1v) is 6.75. The van der Waals surface area contributed by atoms with Crippen LogP contribution in [0.2, 0.25) is 0 Å². The van der Waals surface area contributed by atoms with Crippen LogP contribution in [0.15, 0.2) is 12.1 Å². The molecule has 1 rings (SSSR count). The summed E-state index contributed by atoms with van der Waals surface area (Å²) >= 11 is 8.27. The average molecular weight is 326 g/mol. The molecule has 2 amide bonds. The van der Waals surface area contributed by atoms with Crippen LogP contribution >= 0.6 is 25.3 Å². The number of nitrogens with two attached hydrogens (primary N) is 2. The third-order valence-electron chi connectivity index (χ3n) is 2.65. The summed E-state index contributed by atoms with van der Waals surface area (Å²) in [5.74, 6) is -0.0140. The molecular formula is C12H18CaN2O2S2. The van der Waals surface area contributed by atoms with Gasteiger partial charge in [0.15, 0.2) is 0 Å². The quantitative estimate of drug-likeness (QED) is 0.435. The van der Waals surface area contributed by atoms with Crippen molar-refractivity contribution in [2.75, 3.05) is 11.5 Å². The van der Waals surface area contributed by atoms with Crippen molar-refractivity contribution < 1.29 is 9.59 Å². The number of hydrogen-bond acceptors (Lipinski definition) is 4. The molecule has 102 valence electrons. The van der Waals surface area contributed by atoms with Crippen LogP contribution in [0.3, 0.4) is 0 Å². The van der Waals surface area contributed by atoms with E-state index in [0.717, 1.165) is 5.56 Å². The third kappa shape index (κ3) is 4.86. The van der Waals surface area contributed by atoms with Crippen LogP contribution in [0.25, 0.3) is 0 Å². The zero-order valence-electron chi connectivity index (χ0n) is 9.85. The van der Waals surface area contributed by atoms with Gasteiger partial charge < -0.3 is 11.5 Å². The van der Waals surface area contributed by atoms with Gasteiger partial charge in [0.25, 0.3) is 0 Å². The molecule has 0 bridgehead atoms. The molecule has 0 unspecified atom stereocenters. The van der Waals surface area contributed by atoms with Gasteiger partial charge in [-0.2, -0.15) is 25.3 Å². The van der Waals surface area contributed by atoms with E-state index in [1.54, 1.807) is 12.1 Å². The normalized spacial score (nSPS) is 9.79. The Labute approximate surface area is 153 Å². The van der Waals surface area contributed by atoms with Crippen LogP contribution in [0.5, 0.6) is 0 Å². The molecule has 0 radical (unpaired) electrons. The molecule has 0 fully saturated rings. The molecule has 0 saturated heterocycles.